The van der Waals surface area contributed by atoms with E-state index in [1.54, 1.807) is 0 Å². The second kappa shape index (κ2) is 5.13. The molecule has 0 radical (unpaired) electrons. The number of benzene rings is 1. The van der Waals surface area contributed by atoms with E-state index in [1.807, 2.05) is 0 Å². The van der Waals surface area contributed by atoms with Crippen LogP contribution in [0.5, 0.6) is 0 Å². The third kappa shape index (κ3) is 2.99. The molecular weight excluding hydrogens is 300 g/mol. The Balaban J connectivity index is 2.47. The van der Waals surface area contributed by atoms with Gasteiger partial charge in [0, 0.05) is 24.1 Å². The first kappa shape index (κ1) is 14.9. The van der Waals surface area contributed by atoms with Gasteiger partial charge in [0.05, 0.1) is 10.5 Å². The second-order valence-electron chi connectivity index (χ2n) is 4.46. The van der Waals surface area contributed by atoms with Crippen molar-refractivity contribution in [3.63, 3.8) is 0 Å². The molecule has 1 aromatic heterocycles. The second-order valence-corrected chi connectivity index (χ2v) is 6.82. The minimum absolute atomic E-state index is 0.0293. The number of nitro benzene ring substituents is 1. The molecule has 112 valence electrons. The summed E-state index contributed by atoms with van der Waals surface area (Å²) in [7, 11) is -3.38. The topological polar surface area (TPSA) is 142 Å². The van der Waals surface area contributed by atoms with Gasteiger partial charge in [0.25, 0.3) is 11.6 Å². The Hall–Kier alpha value is -2.49. The summed E-state index contributed by atoms with van der Waals surface area (Å²) >= 11 is 0. The van der Waals surface area contributed by atoms with E-state index in [0.717, 1.165) is 6.26 Å². The molecule has 0 bridgehead atoms. The van der Waals surface area contributed by atoms with E-state index in [0.29, 0.717) is 0 Å². The van der Waals surface area contributed by atoms with Gasteiger partial charge in [-0.15, -0.1) is 0 Å². The van der Waals surface area contributed by atoms with Gasteiger partial charge < -0.3 is 10.3 Å². The van der Waals surface area contributed by atoms with E-state index < -0.39 is 20.0 Å². The maximum absolute atomic E-state index is 11.5. The van der Waals surface area contributed by atoms with Crippen LogP contribution in [0.25, 0.3) is 11.5 Å². The van der Waals surface area contributed by atoms with Crippen LogP contribution in [0.4, 0.5) is 11.4 Å². The Kier molecular flexibility index (Phi) is 3.64. The highest BCUT2D eigenvalue weighted by Gasteiger charge is 2.24. The lowest BCUT2D eigenvalue weighted by molar-refractivity contribution is -0.384. The largest absolute Gasteiger partial charge is 0.398 e. The Labute approximate surface area is 119 Å². The maximum Gasteiger partial charge on any atom is 0.270 e. The van der Waals surface area contributed by atoms with Gasteiger partial charge in [-0.05, 0) is 13.0 Å². The molecule has 0 amide bonds. The van der Waals surface area contributed by atoms with Gasteiger partial charge in [-0.2, -0.15) is 4.98 Å². The molecule has 0 aliphatic heterocycles. The molecule has 2 aromatic rings. The fourth-order valence-electron chi connectivity index (χ4n) is 1.54. The molecule has 2 N–H and O–H groups in total. The van der Waals surface area contributed by atoms with Gasteiger partial charge in [0.1, 0.15) is 5.25 Å². The first-order chi connectivity index (χ1) is 9.70. The van der Waals surface area contributed by atoms with E-state index in [2.05, 4.69) is 10.1 Å². The van der Waals surface area contributed by atoms with E-state index in [9.17, 15) is 18.5 Å². The van der Waals surface area contributed by atoms with Gasteiger partial charge in [0.2, 0.25) is 0 Å². The number of nitrogen functional groups attached to an aromatic ring is 1. The number of sulfone groups is 1. The number of nitro groups is 1. The third-order valence-corrected chi connectivity index (χ3v) is 4.42. The third-order valence-electron chi connectivity index (χ3n) is 2.93. The van der Waals surface area contributed by atoms with Crippen molar-refractivity contribution in [2.24, 2.45) is 0 Å². The standard InChI is InChI=1S/C11H12N4O5S/c1-6(21(2,18)19)10-13-11(20-14-10)8-5-7(15(16)17)3-4-9(8)12/h3-6H,12H2,1-2H3. The summed E-state index contributed by atoms with van der Waals surface area (Å²) in [4.78, 5) is 14.1. The molecular formula is C11H12N4O5S. The van der Waals surface area contributed by atoms with Crippen LogP contribution >= 0.6 is 0 Å². The number of nitrogens with two attached hydrogens (primary N) is 1. The quantitative estimate of drug-likeness (QED) is 0.506. The van der Waals surface area contributed by atoms with E-state index in [1.165, 1.54) is 25.1 Å². The molecule has 0 saturated heterocycles. The lowest BCUT2D eigenvalue weighted by Crippen LogP contribution is -2.09. The smallest absolute Gasteiger partial charge is 0.270 e. The summed E-state index contributed by atoms with van der Waals surface area (Å²) in [6.07, 6.45) is 1.05. The molecule has 1 unspecified atom stereocenters. The van der Waals surface area contributed by atoms with Crippen molar-refractivity contribution in [3.05, 3.63) is 34.1 Å². The minimum Gasteiger partial charge on any atom is -0.398 e. The Morgan fingerprint density at radius 1 is 1.43 bits per heavy atom. The fourth-order valence-corrected chi connectivity index (χ4v) is 2.02. The van der Waals surface area contributed by atoms with E-state index >= 15 is 0 Å². The molecule has 9 nitrogen and oxygen atoms in total. The molecule has 0 aliphatic rings. The molecule has 0 fully saturated rings. The highest BCUT2D eigenvalue weighted by atomic mass is 32.2. The fraction of sp³-hybridized carbons (Fsp3) is 0.273. The molecule has 10 heteroatoms. The monoisotopic (exact) mass is 312 g/mol. The van der Waals surface area contributed by atoms with Crippen LogP contribution in [0.2, 0.25) is 0 Å². The predicted molar refractivity (Wildman–Crippen MR) is 74.1 cm³/mol. The van der Waals surface area contributed by atoms with Crippen molar-refractivity contribution in [3.8, 4) is 11.5 Å². The number of anilines is 1. The van der Waals surface area contributed by atoms with Gasteiger partial charge >= 0.3 is 0 Å². The molecule has 0 saturated carbocycles. The van der Waals surface area contributed by atoms with Crippen molar-refractivity contribution in [2.75, 3.05) is 12.0 Å². The summed E-state index contributed by atoms with van der Waals surface area (Å²) in [6.45, 7) is 1.42. The summed E-state index contributed by atoms with van der Waals surface area (Å²) in [6, 6.07) is 3.78. The zero-order chi connectivity index (χ0) is 15.8. The molecule has 1 aromatic carbocycles. The van der Waals surface area contributed by atoms with Crippen LogP contribution in [-0.4, -0.2) is 29.7 Å². The van der Waals surface area contributed by atoms with Crippen LogP contribution in [0.1, 0.15) is 18.0 Å². The van der Waals surface area contributed by atoms with Gasteiger partial charge in [-0.25, -0.2) is 8.42 Å². The first-order valence-corrected chi connectivity index (χ1v) is 7.72. The summed E-state index contributed by atoms with van der Waals surface area (Å²) in [5.41, 5.74) is 5.93. The Bertz CT molecular complexity index is 799. The highest BCUT2D eigenvalue weighted by molar-refractivity contribution is 7.90. The number of nitrogens with zero attached hydrogens (tertiary/aromatic N) is 3. The van der Waals surface area contributed by atoms with Gasteiger partial charge in [0.15, 0.2) is 15.7 Å². The molecule has 0 spiro atoms. The maximum atomic E-state index is 11.5. The van der Waals surface area contributed by atoms with E-state index in [-0.39, 0.29) is 28.7 Å². The minimum atomic E-state index is -3.38. The summed E-state index contributed by atoms with van der Waals surface area (Å²) in [5.74, 6) is -0.0971. The van der Waals surface area contributed by atoms with Crippen molar-refractivity contribution in [2.45, 2.75) is 12.2 Å². The number of rotatable bonds is 4. The number of hydrogen-bond donors (Lipinski definition) is 1. The van der Waals surface area contributed by atoms with Crippen LogP contribution in [0, 0.1) is 10.1 Å². The predicted octanol–water partition coefficient (Wildman–Crippen LogP) is 1.33. The molecule has 0 aliphatic carbocycles. The average Bonchev–Trinajstić information content (AvgIpc) is 2.86. The Morgan fingerprint density at radius 2 is 2.10 bits per heavy atom. The van der Waals surface area contributed by atoms with Crippen LogP contribution in [0.3, 0.4) is 0 Å². The normalized spacial score (nSPS) is 13.0. The van der Waals surface area contributed by atoms with E-state index in [4.69, 9.17) is 10.3 Å². The Morgan fingerprint density at radius 3 is 2.67 bits per heavy atom. The lowest BCUT2D eigenvalue weighted by Gasteiger charge is -2.02. The molecule has 1 heterocycles. The van der Waals surface area contributed by atoms with Crippen LogP contribution < -0.4 is 5.73 Å². The molecule has 1 atom stereocenters. The molecule has 21 heavy (non-hydrogen) atoms. The van der Waals surface area contributed by atoms with Crippen molar-refractivity contribution in [1.29, 1.82) is 0 Å². The average molecular weight is 312 g/mol. The summed E-state index contributed by atoms with van der Waals surface area (Å²) in [5, 5.41) is 13.4. The lowest BCUT2D eigenvalue weighted by atomic mass is 10.1. The van der Waals surface area contributed by atoms with Gasteiger partial charge in [-0.3, -0.25) is 10.1 Å². The highest BCUT2D eigenvalue weighted by Crippen LogP contribution is 2.30. The van der Waals surface area contributed by atoms with Gasteiger partial charge in [-0.1, -0.05) is 5.16 Å². The molecule has 2 rings (SSSR count). The number of hydrogen-bond acceptors (Lipinski definition) is 8. The van der Waals surface area contributed by atoms with Crippen molar-refractivity contribution < 1.29 is 17.9 Å². The van der Waals surface area contributed by atoms with Crippen molar-refractivity contribution >= 4 is 21.2 Å². The number of non-ortho nitro benzene ring substituents is 1. The van der Waals surface area contributed by atoms with Crippen LogP contribution in [0.15, 0.2) is 22.7 Å². The SMILES string of the molecule is CC(c1noc(-c2cc([N+](=O)[O-])ccc2N)n1)S(C)(=O)=O. The number of aromatic nitrogens is 2. The zero-order valence-electron chi connectivity index (χ0n) is 11.2. The first-order valence-electron chi connectivity index (χ1n) is 5.77. The van der Waals surface area contributed by atoms with Crippen LogP contribution in [-0.2, 0) is 9.84 Å². The summed E-state index contributed by atoms with van der Waals surface area (Å²) < 4.78 is 27.9. The van der Waals surface area contributed by atoms with Crippen molar-refractivity contribution in [1.82, 2.24) is 10.1 Å². The zero-order valence-corrected chi connectivity index (χ0v) is 12.0.